The minimum atomic E-state index is -0.752. The molecule has 2 aliphatic carbocycles. The van der Waals surface area contributed by atoms with Crippen molar-refractivity contribution in [3.63, 3.8) is 0 Å². The first-order valence-corrected chi connectivity index (χ1v) is 10.2. The van der Waals surface area contributed by atoms with E-state index in [-0.39, 0.29) is 12.1 Å². The molecule has 1 aromatic rings. The number of allylic oxidation sites excluding steroid dienone is 2. The van der Waals surface area contributed by atoms with E-state index in [9.17, 15) is 19.7 Å². The number of carboxylic acids is 1. The molecule has 0 heterocycles. The summed E-state index contributed by atoms with van der Waals surface area (Å²) in [5, 5.41) is 26.0. The quantitative estimate of drug-likeness (QED) is 0.191. The van der Waals surface area contributed by atoms with Crippen LogP contribution in [0, 0.1) is 27.9 Å². The van der Waals surface area contributed by atoms with Crippen LogP contribution in [0.2, 0.25) is 0 Å². The maximum absolute atomic E-state index is 12.0. The number of carbonyl (C=O) groups excluding carboxylic acids is 1. The molecule has 0 spiro atoms. The van der Waals surface area contributed by atoms with E-state index in [1.165, 1.54) is 29.8 Å². The average molecular weight is 414 g/mol. The van der Waals surface area contributed by atoms with Crippen molar-refractivity contribution in [2.45, 2.75) is 44.9 Å². The van der Waals surface area contributed by atoms with Gasteiger partial charge in [-0.05, 0) is 68.4 Å². The van der Waals surface area contributed by atoms with Gasteiger partial charge in [-0.25, -0.2) is 10.2 Å². The van der Waals surface area contributed by atoms with Gasteiger partial charge in [-0.1, -0.05) is 11.6 Å². The highest BCUT2D eigenvalue weighted by molar-refractivity contribution is 5.89. The van der Waals surface area contributed by atoms with Gasteiger partial charge < -0.3 is 10.4 Å². The normalized spacial score (nSPS) is 24.1. The minimum Gasteiger partial charge on any atom is -0.481 e. The molecule has 2 fully saturated rings. The predicted molar refractivity (Wildman–Crippen MR) is 112 cm³/mol. The first-order valence-electron chi connectivity index (χ1n) is 10.2. The number of nitrogens with zero attached hydrogens (tertiary/aromatic N) is 2. The van der Waals surface area contributed by atoms with Crippen molar-refractivity contribution < 1.29 is 19.6 Å². The number of carbonyl (C=O) groups is 2. The number of amides is 2. The molecule has 9 nitrogen and oxygen atoms in total. The summed E-state index contributed by atoms with van der Waals surface area (Å²) in [6, 6.07) is 5.08. The SMILES string of the molecule is O=C(O)CCC/C=C1\CC2CCC(/C=N/NC(=O)Nc3ccc([N+](=O)[O-])cc3)C2C1. The van der Waals surface area contributed by atoms with Crippen LogP contribution in [0.4, 0.5) is 16.2 Å². The van der Waals surface area contributed by atoms with E-state index in [0.717, 1.165) is 32.1 Å². The number of hydrazone groups is 1. The number of non-ortho nitro benzene ring substituents is 1. The first-order chi connectivity index (χ1) is 14.4. The van der Waals surface area contributed by atoms with Crippen molar-refractivity contribution >= 4 is 29.6 Å². The molecule has 30 heavy (non-hydrogen) atoms. The van der Waals surface area contributed by atoms with Crippen LogP contribution in [0.5, 0.6) is 0 Å². The number of unbranched alkanes of at least 4 members (excludes halogenated alkanes) is 1. The molecule has 160 valence electrons. The summed E-state index contributed by atoms with van der Waals surface area (Å²) in [6.07, 6.45) is 9.99. The number of urea groups is 1. The number of nitrogens with one attached hydrogen (secondary N) is 2. The van der Waals surface area contributed by atoms with Gasteiger partial charge in [0.1, 0.15) is 0 Å². The zero-order valence-corrected chi connectivity index (χ0v) is 16.6. The molecular formula is C21H26N4O5. The second-order valence-corrected chi connectivity index (χ2v) is 7.87. The van der Waals surface area contributed by atoms with E-state index >= 15 is 0 Å². The molecule has 0 radical (unpaired) electrons. The lowest BCUT2D eigenvalue weighted by atomic mass is 9.93. The van der Waals surface area contributed by atoms with Crippen LogP contribution < -0.4 is 10.7 Å². The molecule has 0 aromatic heterocycles. The van der Waals surface area contributed by atoms with E-state index in [4.69, 9.17) is 5.11 Å². The molecule has 9 heteroatoms. The van der Waals surface area contributed by atoms with E-state index < -0.39 is 16.9 Å². The number of rotatable bonds is 8. The average Bonchev–Trinajstić information content (AvgIpc) is 3.26. The molecule has 3 N–H and O–H groups in total. The Morgan fingerprint density at radius 1 is 1.23 bits per heavy atom. The molecule has 0 bridgehead atoms. The smallest absolute Gasteiger partial charge is 0.339 e. The van der Waals surface area contributed by atoms with E-state index in [1.807, 2.05) is 6.21 Å². The van der Waals surface area contributed by atoms with Crippen molar-refractivity contribution in [2.24, 2.45) is 22.9 Å². The Bertz CT molecular complexity index is 849. The topological polar surface area (TPSA) is 134 Å². The molecule has 3 unspecified atom stereocenters. The lowest BCUT2D eigenvalue weighted by molar-refractivity contribution is -0.384. The number of carboxylic acid groups (broad SMARTS) is 1. The van der Waals surface area contributed by atoms with Gasteiger partial charge in [-0.15, -0.1) is 0 Å². The van der Waals surface area contributed by atoms with Gasteiger partial charge in [-0.3, -0.25) is 14.9 Å². The van der Waals surface area contributed by atoms with Crippen LogP contribution in [0.3, 0.4) is 0 Å². The molecule has 3 atom stereocenters. The summed E-state index contributed by atoms with van der Waals surface area (Å²) >= 11 is 0. The Morgan fingerprint density at radius 2 is 2.00 bits per heavy atom. The summed E-state index contributed by atoms with van der Waals surface area (Å²) in [6.45, 7) is 0. The van der Waals surface area contributed by atoms with Gasteiger partial charge >= 0.3 is 12.0 Å². The maximum Gasteiger partial charge on any atom is 0.339 e. The Morgan fingerprint density at radius 3 is 2.70 bits per heavy atom. The number of benzene rings is 1. The van der Waals surface area contributed by atoms with Crippen LogP contribution in [-0.4, -0.2) is 28.2 Å². The maximum atomic E-state index is 12.0. The number of hydrogen-bond acceptors (Lipinski definition) is 5. The van der Waals surface area contributed by atoms with Crippen LogP contribution >= 0.6 is 0 Å². The molecule has 0 aliphatic heterocycles. The van der Waals surface area contributed by atoms with Crippen LogP contribution in [0.15, 0.2) is 41.0 Å². The van der Waals surface area contributed by atoms with Gasteiger partial charge in [0.15, 0.2) is 0 Å². The fourth-order valence-electron chi connectivity index (χ4n) is 4.41. The molecule has 0 saturated heterocycles. The number of nitro benzene ring substituents is 1. The number of nitro groups is 1. The first kappa shape index (κ1) is 21.5. The van der Waals surface area contributed by atoms with Crippen molar-refractivity contribution in [1.82, 2.24) is 5.43 Å². The fourth-order valence-corrected chi connectivity index (χ4v) is 4.41. The summed E-state index contributed by atoms with van der Waals surface area (Å²) in [7, 11) is 0. The highest BCUT2D eigenvalue weighted by Gasteiger charge is 2.40. The molecule has 2 aliphatic rings. The van der Waals surface area contributed by atoms with Gasteiger partial charge in [0.25, 0.3) is 5.69 Å². The highest BCUT2D eigenvalue weighted by atomic mass is 16.6. The second kappa shape index (κ2) is 10.00. The number of anilines is 1. The van der Waals surface area contributed by atoms with Crippen molar-refractivity contribution in [3.8, 4) is 0 Å². The Kier molecular flexibility index (Phi) is 7.16. The summed E-state index contributed by atoms with van der Waals surface area (Å²) in [4.78, 5) is 32.7. The van der Waals surface area contributed by atoms with Crippen molar-refractivity contribution in [2.75, 3.05) is 5.32 Å². The fraction of sp³-hybridized carbons (Fsp3) is 0.476. The molecule has 3 rings (SSSR count). The van der Waals surface area contributed by atoms with Crippen molar-refractivity contribution in [1.29, 1.82) is 0 Å². The second-order valence-electron chi connectivity index (χ2n) is 7.87. The third-order valence-electron chi connectivity index (χ3n) is 5.84. The Balaban J connectivity index is 1.44. The molecular weight excluding hydrogens is 388 g/mol. The van der Waals surface area contributed by atoms with Gasteiger partial charge in [0, 0.05) is 30.5 Å². The van der Waals surface area contributed by atoms with E-state index in [2.05, 4.69) is 21.9 Å². The monoisotopic (exact) mass is 414 g/mol. The lowest BCUT2D eigenvalue weighted by Gasteiger charge is -2.13. The van der Waals surface area contributed by atoms with Crippen molar-refractivity contribution in [3.05, 3.63) is 46.0 Å². The summed E-state index contributed by atoms with van der Waals surface area (Å²) < 4.78 is 0. The van der Waals surface area contributed by atoms with Crippen LogP contribution in [0.25, 0.3) is 0 Å². The van der Waals surface area contributed by atoms with E-state index in [0.29, 0.717) is 29.9 Å². The predicted octanol–water partition coefficient (Wildman–Crippen LogP) is 4.32. The Labute approximate surface area is 174 Å². The van der Waals surface area contributed by atoms with E-state index in [1.54, 1.807) is 0 Å². The zero-order chi connectivity index (χ0) is 21.5. The summed E-state index contributed by atoms with van der Waals surface area (Å²) in [5.74, 6) is 0.734. The summed E-state index contributed by atoms with van der Waals surface area (Å²) in [5.41, 5.74) is 4.28. The number of hydrogen-bond donors (Lipinski definition) is 3. The third-order valence-corrected chi connectivity index (χ3v) is 5.84. The highest BCUT2D eigenvalue weighted by Crippen LogP contribution is 2.49. The largest absolute Gasteiger partial charge is 0.481 e. The van der Waals surface area contributed by atoms with Crippen LogP contribution in [-0.2, 0) is 4.79 Å². The standard InChI is InChI=1S/C21H26N4O5/c26-20(27)4-2-1-3-14-11-15-5-6-16(19(15)12-14)13-22-24-21(28)23-17-7-9-18(10-8-17)25(29)30/h3,7-10,13,15-16,19H,1-2,4-6,11-12H2,(H,26,27)(H2,23,24,28)/b14-3+,22-13+. The number of aliphatic carboxylic acids is 1. The number of fused-ring (bicyclic) bond motifs is 1. The van der Waals surface area contributed by atoms with Gasteiger partial charge in [0.2, 0.25) is 0 Å². The Hall–Kier alpha value is -3.23. The lowest BCUT2D eigenvalue weighted by Crippen LogP contribution is -2.25. The van der Waals surface area contributed by atoms with Gasteiger partial charge in [0.05, 0.1) is 4.92 Å². The van der Waals surface area contributed by atoms with Crippen LogP contribution in [0.1, 0.15) is 44.9 Å². The molecule has 1 aromatic carbocycles. The van der Waals surface area contributed by atoms with Gasteiger partial charge in [-0.2, -0.15) is 5.10 Å². The third kappa shape index (κ3) is 5.88. The molecule has 2 amide bonds. The zero-order valence-electron chi connectivity index (χ0n) is 16.6. The molecule has 2 saturated carbocycles. The minimum absolute atomic E-state index is 0.0402.